The maximum atomic E-state index is 12.4. The molecule has 2 heterocycles. The van der Waals surface area contributed by atoms with Crippen molar-refractivity contribution < 1.29 is 14.3 Å². The van der Waals surface area contributed by atoms with Crippen LogP contribution in [0.5, 0.6) is 0 Å². The summed E-state index contributed by atoms with van der Waals surface area (Å²) in [5.41, 5.74) is 5.26. The second-order valence-electron chi connectivity index (χ2n) is 6.28. The summed E-state index contributed by atoms with van der Waals surface area (Å²) in [6.45, 7) is 9.66. The third kappa shape index (κ3) is 6.51. The molecule has 1 fully saturated rings. The summed E-state index contributed by atoms with van der Waals surface area (Å²) in [4.78, 5) is 25.2. The van der Waals surface area contributed by atoms with E-state index >= 15 is 0 Å². The van der Waals surface area contributed by atoms with Gasteiger partial charge in [0.25, 0.3) is 0 Å². The van der Waals surface area contributed by atoms with Gasteiger partial charge in [-0.2, -0.15) is 0 Å². The van der Waals surface area contributed by atoms with Gasteiger partial charge in [0.1, 0.15) is 5.82 Å². The number of carbonyl (C=O) groups excluding carboxylic acids is 2. The molecular weight excluding hydrogens is 366 g/mol. The van der Waals surface area contributed by atoms with Gasteiger partial charge in [0.05, 0.1) is 18.4 Å². The molecule has 27 heavy (non-hydrogen) atoms. The molecule has 1 aromatic heterocycles. The number of thioether (sulfide) groups is 1. The van der Waals surface area contributed by atoms with Crippen LogP contribution in [0.2, 0.25) is 0 Å². The maximum Gasteiger partial charge on any atom is 0.233 e. The Morgan fingerprint density at radius 3 is 2.67 bits per heavy atom. The molecule has 1 saturated heterocycles. The summed E-state index contributed by atoms with van der Waals surface area (Å²) in [6.07, 6.45) is 6.11. The number of carbonyl (C=O) groups is 2. The fraction of sp³-hybridized carbons (Fsp3) is 0.556. The van der Waals surface area contributed by atoms with Gasteiger partial charge in [-0.25, -0.2) is 0 Å². The van der Waals surface area contributed by atoms with Crippen LogP contribution >= 0.6 is 11.8 Å². The largest absolute Gasteiger partial charge is 0.376 e. The number of rotatable bonds is 12. The minimum atomic E-state index is -0.379. The third-order valence-corrected chi connectivity index (χ3v) is 5.13. The van der Waals surface area contributed by atoms with Gasteiger partial charge in [-0.05, 0) is 12.8 Å². The number of nitrogens with zero attached hydrogens (tertiary/aromatic N) is 4. The molecule has 1 atom stereocenters. The molecule has 1 unspecified atom stereocenters. The van der Waals surface area contributed by atoms with Crippen molar-refractivity contribution in [1.82, 2.24) is 19.7 Å². The van der Waals surface area contributed by atoms with Gasteiger partial charge >= 0.3 is 0 Å². The summed E-state index contributed by atoms with van der Waals surface area (Å²) in [6, 6.07) is 0. The molecular formula is C18H27N5O3S. The van der Waals surface area contributed by atoms with Crippen molar-refractivity contribution in [2.75, 3.05) is 25.4 Å². The van der Waals surface area contributed by atoms with E-state index in [2.05, 4.69) is 23.4 Å². The fourth-order valence-corrected chi connectivity index (χ4v) is 3.70. The lowest BCUT2D eigenvalue weighted by Crippen LogP contribution is -2.32. The molecule has 8 nitrogen and oxygen atoms in total. The SMILES string of the molecule is C=CCN(CC=C)C(=O)CSc1nnc(CCC(N)=O)n1CC1CCCO1. The molecule has 1 aromatic rings. The van der Waals surface area contributed by atoms with Crippen molar-refractivity contribution in [1.29, 1.82) is 0 Å². The molecule has 2 N–H and O–H groups in total. The van der Waals surface area contributed by atoms with Gasteiger partial charge in [0.2, 0.25) is 11.8 Å². The van der Waals surface area contributed by atoms with E-state index in [4.69, 9.17) is 10.5 Å². The Morgan fingerprint density at radius 1 is 1.33 bits per heavy atom. The first-order valence-electron chi connectivity index (χ1n) is 8.99. The van der Waals surface area contributed by atoms with Crippen LogP contribution in [0.1, 0.15) is 25.1 Å². The van der Waals surface area contributed by atoms with Gasteiger partial charge in [-0.3, -0.25) is 9.59 Å². The number of nitrogens with two attached hydrogens (primary N) is 1. The first kappa shape index (κ1) is 21.2. The predicted octanol–water partition coefficient (Wildman–Crippen LogP) is 1.17. The topological polar surface area (TPSA) is 103 Å². The van der Waals surface area contributed by atoms with Gasteiger partial charge in [0, 0.05) is 32.5 Å². The van der Waals surface area contributed by atoms with Gasteiger partial charge < -0.3 is 19.9 Å². The van der Waals surface area contributed by atoms with Gasteiger partial charge in [0.15, 0.2) is 5.16 Å². The monoisotopic (exact) mass is 393 g/mol. The van der Waals surface area contributed by atoms with Crippen LogP contribution in [0.4, 0.5) is 0 Å². The Kier molecular flexibility index (Phi) is 8.53. The Morgan fingerprint density at radius 2 is 2.07 bits per heavy atom. The first-order valence-corrected chi connectivity index (χ1v) is 9.98. The van der Waals surface area contributed by atoms with Gasteiger partial charge in [-0.1, -0.05) is 23.9 Å². The van der Waals surface area contributed by atoms with E-state index in [0.29, 0.717) is 37.0 Å². The van der Waals surface area contributed by atoms with Crippen LogP contribution in [0.15, 0.2) is 30.5 Å². The van der Waals surface area contributed by atoms with Crippen molar-refractivity contribution in [3.05, 3.63) is 31.1 Å². The van der Waals surface area contributed by atoms with E-state index in [1.807, 2.05) is 4.57 Å². The number of hydrogen-bond donors (Lipinski definition) is 1. The molecule has 0 saturated carbocycles. The zero-order chi connectivity index (χ0) is 19.6. The third-order valence-electron chi connectivity index (χ3n) is 4.18. The van der Waals surface area contributed by atoms with Crippen molar-refractivity contribution in [3.63, 3.8) is 0 Å². The summed E-state index contributed by atoms with van der Waals surface area (Å²) in [5.74, 6) is 0.523. The van der Waals surface area contributed by atoms with Crippen LogP contribution in [-0.2, 0) is 27.3 Å². The smallest absolute Gasteiger partial charge is 0.233 e. The zero-order valence-electron chi connectivity index (χ0n) is 15.5. The second-order valence-corrected chi connectivity index (χ2v) is 7.22. The molecule has 1 aliphatic rings. The van der Waals surface area contributed by atoms with Crippen molar-refractivity contribution in [3.8, 4) is 0 Å². The fourth-order valence-electron chi connectivity index (χ4n) is 2.83. The molecule has 148 valence electrons. The van der Waals surface area contributed by atoms with Crippen molar-refractivity contribution in [2.45, 2.75) is 43.5 Å². The Balaban J connectivity index is 2.07. The molecule has 0 spiro atoms. The average Bonchev–Trinajstić information content (AvgIpc) is 3.28. The molecule has 0 aliphatic carbocycles. The quantitative estimate of drug-likeness (QED) is 0.422. The lowest BCUT2D eigenvalue weighted by molar-refractivity contribution is -0.127. The van der Waals surface area contributed by atoms with Crippen LogP contribution in [0.3, 0.4) is 0 Å². The van der Waals surface area contributed by atoms with Crippen molar-refractivity contribution >= 4 is 23.6 Å². The molecule has 0 radical (unpaired) electrons. The van der Waals surface area contributed by atoms with Crippen LogP contribution < -0.4 is 5.73 Å². The first-order chi connectivity index (χ1) is 13.0. The standard InChI is InChI=1S/C18H27N5O3S/c1-3-9-22(10-4-2)17(25)13-27-18-21-20-16(8-7-15(19)24)23(18)12-14-6-5-11-26-14/h3-4,14H,1-2,5-13H2,(H2,19,24). The van der Waals surface area contributed by atoms with Crippen LogP contribution in [0.25, 0.3) is 0 Å². The van der Waals surface area contributed by atoms with Crippen molar-refractivity contribution in [2.24, 2.45) is 5.73 Å². The maximum absolute atomic E-state index is 12.4. The highest BCUT2D eigenvalue weighted by Crippen LogP contribution is 2.22. The number of aryl methyl sites for hydroxylation is 1. The summed E-state index contributed by atoms with van der Waals surface area (Å²) in [5, 5.41) is 9.06. The van der Waals surface area contributed by atoms with Crippen LogP contribution in [-0.4, -0.2) is 63.0 Å². The highest BCUT2D eigenvalue weighted by molar-refractivity contribution is 7.99. The summed E-state index contributed by atoms with van der Waals surface area (Å²) >= 11 is 1.33. The van der Waals surface area contributed by atoms with E-state index in [1.165, 1.54) is 11.8 Å². The number of primary amides is 1. The molecule has 2 amide bonds. The normalized spacial score (nSPS) is 16.2. The lowest BCUT2D eigenvalue weighted by Gasteiger charge is -2.19. The van der Waals surface area contributed by atoms with E-state index in [9.17, 15) is 9.59 Å². The summed E-state index contributed by atoms with van der Waals surface area (Å²) in [7, 11) is 0. The Bertz CT molecular complexity index is 660. The lowest BCUT2D eigenvalue weighted by atomic mass is 10.2. The molecule has 0 aromatic carbocycles. The number of ether oxygens (including phenoxy) is 1. The van der Waals surface area contributed by atoms with Crippen LogP contribution in [0, 0.1) is 0 Å². The second kappa shape index (κ2) is 10.9. The van der Waals surface area contributed by atoms with E-state index in [0.717, 1.165) is 19.4 Å². The predicted molar refractivity (Wildman–Crippen MR) is 104 cm³/mol. The van der Waals surface area contributed by atoms with E-state index in [-0.39, 0.29) is 30.1 Å². The Labute approximate surface area is 163 Å². The zero-order valence-corrected chi connectivity index (χ0v) is 16.3. The minimum absolute atomic E-state index is 0.0230. The van der Waals surface area contributed by atoms with E-state index in [1.54, 1.807) is 17.1 Å². The number of amides is 2. The highest BCUT2D eigenvalue weighted by Gasteiger charge is 2.22. The minimum Gasteiger partial charge on any atom is -0.376 e. The number of aromatic nitrogens is 3. The van der Waals surface area contributed by atoms with Gasteiger partial charge in [-0.15, -0.1) is 23.4 Å². The molecule has 2 rings (SSSR count). The molecule has 0 bridgehead atoms. The highest BCUT2D eigenvalue weighted by atomic mass is 32.2. The average molecular weight is 394 g/mol. The number of hydrogen-bond acceptors (Lipinski definition) is 6. The molecule has 9 heteroatoms. The molecule has 1 aliphatic heterocycles. The van der Waals surface area contributed by atoms with E-state index < -0.39 is 0 Å². The summed E-state index contributed by atoms with van der Waals surface area (Å²) < 4.78 is 7.66. The Hall–Kier alpha value is -2.13.